The molecule has 0 amide bonds. The van der Waals surface area contributed by atoms with Crippen LogP contribution in [0.3, 0.4) is 0 Å². The first kappa shape index (κ1) is 13.7. The van der Waals surface area contributed by atoms with Crippen molar-refractivity contribution in [3.63, 3.8) is 0 Å². The molecule has 3 heterocycles. The van der Waals surface area contributed by atoms with Gasteiger partial charge in [-0.05, 0) is 50.9 Å². The summed E-state index contributed by atoms with van der Waals surface area (Å²) in [6.07, 6.45) is 2.60. The summed E-state index contributed by atoms with van der Waals surface area (Å²) in [5.74, 6) is 1.58. The molecule has 1 N–H and O–H groups in total. The standard InChI is InChI=1S/C14H21N5S/c1-10-4-6-17(7-5-10)9-18-14(20)19-12(3)8-11(2)15-13(19)16-18/h8,10H,4-7,9H2,1-3H3/p+1. The third-order valence-electron chi connectivity index (χ3n) is 4.22. The maximum absolute atomic E-state index is 5.56. The van der Waals surface area contributed by atoms with Gasteiger partial charge in [0.25, 0.3) is 5.78 Å². The van der Waals surface area contributed by atoms with E-state index in [1.165, 1.54) is 25.9 Å². The Kier molecular flexibility index (Phi) is 3.60. The Bertz CT molecular complexity index is 679. The molecule has 0 aliphatic carbocycles. The molecule has 0 bridgehead atoms. The van der Waals surface area contributed by atoms with Crippen molar-refractivity contribution in [1.82, 2.24) is 19.2 Å². The molecule has 0 saturated carbocycles. The fraction of sp³-hybridized carbons (Fsp3) is 0.643. The lowest BCUT2D eigenvalue weighted by atomic mass is 10.00. The van der Waals surface area contributed by atoms with Crippen molar-refractivity contribution in [2.24, 2.45) is 5.92 Å². The first-order chi connectivity index (χ1) is 9.54. The summed E-state index contributed by atoms with van der Waals surface area (Å²) in [5, 5.41) is 4.59. The van der Waals surface area contributed by atoms with Crippen LogP contribution < -0.4 is 4.90 Å². The summed E-state index contributed by atoms with van der Waals surface area (Å²) in [7, 11) is 0. The highest BCUT2D eigenvalue weighted by Gasteiger charge is 2.20. The number of nitrogens with zero attached hydrogens (tertiary/aromatic N) is 4. The van der Waals surface area contributed by atoms with Gasteiger partial charge < -0.3 is 4.90 Å². The van der Waals surface area contributed by atoms with Gasteiger partial charge in [0.2, 0.25) is 4.77 Å². The van der Waals surface area contributed by atoms with E-state index in [1.54, 1.807) is 4.90 Å². The van der Waals surface area contributed by atoms with Gasteiger partial charge in [-0.1, -0.05) is 6.92 Å². The molecule has 3 rings (SSSR count). The van der Waals surface area contributed by atoms with Crippen molar-refractivity contribution in [2.75, 3.05) is 13.1 Å². The molecule has 5 nitrogen and oxygen atoms in total. The molecule has 0 spiro atoms. The van der Waals surface area contributed by atoms with Crippen molar-refractivity contribution in [1.29, 1.82) is 0 Å². The fourth-order valence-corrected chi connectivity index (χ4v) is 3.31. The maximum Gasteiger partial charge on any atom is 0.254 e. The average Bonchev–Trinajstić information content (AvgIpc) is 2.69. The molecule has 0 unspecified atom stereocenters. The van der Waals surface area contributed by atoms with E-state index in [9.17, 15) is 0 Å². The summed E-state index contributed by atoms with van der Waals surface area (Å²) in [6.45, 7) is 9.66. The van der Waals surface area contributed by atoms with E-state index in [1.807, 2.05) is 22.1 Å². The van der Waals surface area contributed by atoms with Crippen LogP contribution in [0.2, 0.25) is 0 Å². The lowest BCUT2D eigenvalue weighted by Gasteiger charge is -2.26. The fourth-order valence-electron chi connectivity index (χ4n) is 2.98. The second kappa shape index (κ2) is 5.26. The second-order valence-corrected chi connectivity index (χ2v) is 6.41. The summed E-state index contributed by atoms with van der Waals surface area (Å²) >= 11 is 5.56. The van der Waals surface area contributed by atoms with E-state index in [0.717, 1.165) is 34.5 Å². The molecule has 1 aliphatic heterocycles. The van der Waals surface area contributed by atoms with E-state index in [-0.39, 0.29) is 0 Å². The second-order valence-electron chi connectivity index (χ2n) is 6.05. The molecular weight excluding hydrogens is 270 g/mol. The molecule has 108 valence electrons. The first-order valence-electron chi connectivity index (χ1n) is 7.32. The average molecular weight is 292 g/mol. The van der Waals surface area contributed by atoms with Crippen molar-refractivity contribution >= 4 is 18.0 Å². The Morgan fingerprint density at radius 2 is 2.05 bits per heavy atom. The van der Waals surface area contributed by atoms with Crippen molar-refractivity contribution < 1.29 is 4.90 Å². The zero-order valence-electron chi connectivity index (χ0n) is 12.4. The largest absolute Gasteiger partial charge is 0.316 e. The Balaban J connectivity index is 1.91. The number of piperidine rings is 1. The Morgan fingerprint density at radius 3 is 2.75 bits per heavy atom. The van der Waals surface area contributed by atoms with E-state index in [2.05, 4.69) is 23.9 Å². The van der Waals surface area contributed by atoms with Gasteiger partial charge in [0, 0.05) is 11.4 Å². The summed E-state index contributed by atoms with van der Waals surface area (Å²) in [5.41, 5.74) is 2.09. The topological polar surface area (TPSA) is 39.6 Å². The third kappa shape index (κ3) is 2.50. The molecule has 0 atom stereocenters. The van der Waals surface area contributed by atoms with E-state index < -0.39 is 0 Å². The van der Waals surface area contributed by atoms with E-state index in [4.69, 9.17) is 12.2 Å². The predicted octanol–water partition coefficient (Wildman–Crippen LogP) is 1.15. The summed E-state index contributed by atoms with van der Waals surface area (Å²) in [6, 6.07) is 2.05. The van der Waals surface area contributed by atoms with E-state index >= 15 is 0 Å². The Hall–Kier alpha value is -1.27. The number of aromatic nitrogens is 4. The molecule has 2 aromatic heterocycles. The zero-order valence-corrected chi connectivity index (χ0v) is 13.2. The highest BCUT2D eigenvalue weighted by molar-refractivity contribution is 7.71. The molecule has 6 heteroatoms. The van der Waals surface area contributed by atoms with Crippen molar-refractivity contribution in [3.05, 3.63) is 22.2 Å². The van der Waals surface area contributed by atoms with E-state index in [0.29, 0.717) is 0 Å². The smallest absolute Gasteiger partial charge is 0.254 e. The third-order valence-corrected chi connectivity index (χ3v) is 4.62. The van der Waals surface area contributed by atoms with Crippen molar-refractivity contribution in [2.45, 2.75) is 40.3 Å². The van der Waals surface area contributed by atoms with Crippen LogP contribution in [0.4, 0.5) is 0 Å². The van der Waals surface area contributed by atoms with Crippen LogP contribution in [0.5, 0.6) is 0 Å². The molecule has 0 radical (unpaired) electrons. The number of hydrogen-bond acceptors (Lipinski definition) is 3. The Morgan fingerprint density at radius 1 is 1.35 bits per heavy atom. The molecule has 1 aliphatic rings. The Labute approximate surface area is 124 Å². The highest BCUT2D eigenvalue weighted by Crippen LogP contribution is 2.08. The van der Waals surface area contributed by atoms with Gasteiger partial charge in [0.1, 0.15) is 0 Å². The summed E-state index contributed by atoms with van der Waals surface area (Å²) in [4.78, 5) is 6.04. The van der Waals surface area contributed by atoms with Crippen LogP contribution in [0.25, 0.3) is 5.78 Å². The quantitative estimate of drug-likeness (QED) is 0.844. The van der Waals surface area contributed by atoms with Crippen LogP contribution in [0.1, 0.15) is 31.2 Å². The normalized spacial score (nSPS) is 23.4. The van der Waals surface area contributed by atoms with Crippen LogP contribution in [0.15, 0.2) is 6.07 Å². The number of likely N-dealkylation sites (tertiary alicyclic amines) is 1. The molecular formula is C14H22N5S+. The van der Waals surface area contributed by atoms with Gasteiger partial charge in [-0.3, -0.25) is 4.40 Å². The highest BCUT2D eigenvalue weighted by atomic mass is 32.1. The minimum Gasteiger partial charge on any atom is -0.316 e. The van der Waals surface area contributed by atoms with Gasteiger partial charge >= 0.3 is 0 Å². The minimum absolute atomic E-state index is 0.720. The monoisotopic (exact) mass is 292 g/mol. The summed E-state index contributed by atoms with van der Waals surface area (Å²) < 4.78 is 4.67. The van der Waals surface area contributed by atoms with Crippen LogP contribution in [0, 0.1) is 24.5 Å². The van der Waals surface area contributed by atoms with Crippen LogP contribution in [-0.4, -0.2) is 32.3 Å². The number of aryl methyl sites for hydroxylation is 2. The number of fused-ring (bicyclic) bond motifs is 1. The molecule has 20 heavy (non-hydrogen) atoms. The van der Waals surface area contributed by atoms with Gasteiger partial charge in [-0.15, -0.1) is 5.10 Å². The van der Waals surface area contributed by atoms with Crippen LogP contribution >= 0.6 is 12.2 Å². The maximum atomic E-state index is 5.56. The van der Waals surface area contributed by atoms with Gasteiger partial charge in [-0.25, -0.2) is 4.98 Å². The van der Waals surface area contributed by atoms with Gasteiger partial charge in [0.05, 0.1) is 13.1 Å². The molecule has 0 aromatic carbocycles. The number of hydrogen-bond donors (Lipinski definition) is 1. The zero-order chi connectivity index (χ0) is 14.3. The SMILES string of the molecule is Cc1cc(C)n2c(=S)n(C[NH+]3CCC(C)CC3)nc2n1. The number of rotatable bonds is 2. The number of quaternary nitrogens is 1. The van der Waals surface area contributed by atoms with Gasteiger partial charge in [-0.2, -0.15) is 4.68 Å². The molecule has 2 aromatic rings. The van der Waals surface area contributed by atoms with Gasteiger partial charge in [0.15, 0.2) is 6.67 Å². The first-order valence-corrected chi connectivity index (χ1v) is 7.73. The lowest BCUT2D eigenvalue weighted by Crippen LogP contribution is -3.12. The molecule has 1 saturated heterocycles. The predicted molar refractivity (Wildman–Crippen MR) is 80.4 cm³/mol. The van der Waals surface area contributed by atoms with Crippen LogP contribution in [-0.2, 0) is 6.67 Å². The van der Waals surface area contributed by atoms with Crippen molar-refractivity contribution in [3.8, 4) is 0 Å². The minimum atomic E-state index is 0.720. The molecule has 1 fully saturated rings. The number of nitrogens with one attached hydrogen (secondary N) is 1. The lowest BCUT2D eigenvalue weighted by molar-refractivity contribution is -0.929.